The number of nitrogens with one attached hydrogen (secondary N) is 1. The van der Waals surface area contributed by atoms with Crippen molar-refractivity contribution in [2.45, 2.75) is 18.7 Å². The molecule has 0 bridgehead atoms. The highest BCUT2D eigenvalue weighted by atomic mass is 32.2. The van der Waals surface area contributed by atoms with Crippen molar-refractivity contribution >= 4 is 23.5 Å². The van der Waals surface area contributed by atoms with Crippen LogP contribution in [0.15, 0.2) is 18.2 Å². The quantitative estimate of drug-likeness (QED) is 0.880. The van der Waals surface area contributed by atoms with Gasteiger partial charge in [0.25, 0.3) is 0 Å². The molecule has 2 N–H and O–H groups in total. The van der Waals surface area contributed by atoms with Crippen LogP contribution in [0.3, 0.4) is 0 Å². The zero-order valence-corrected chi connectivity index (χ0v) is 11.7. The highest BCUT2D eigenvalue weighted by Gasteiger charge is 2.13. The molecule has 1 aromatic rings. The van der Waals surface area contributed by atoms with Gasteiger partial charge in [-0.2, -0.15) is 23.5 Å². The van der Waals surface area contributed by atoms with Crippen molar-refractivity contribution in [2.24, 2.45) is 0 Å². The maximum atomic E-state index is 9.72. The molecule has 0 saturated carbocycles. The maximum Gasteiger partial charge on any atom is 0.120 e. The fourth-order valence-electron chi connectivity index (χ4n) is 1.88. The van der Waals surface area contributed by atoms with Crippen molar-refractivity contribution in [1.29, 1.82) is 0 Å². The summed E-state index contributed by atoms with van der Waals surface area (Å²) in [7, 11) is 0. The Balaban J connectivity index is 1.79. The number of phenols is 1. The molecule has 2 nitrogen and oxygen atoms in total. The van der Waals surface area contributed by atoms with Gasteiger partial charge in [0.05, 0.1) is 0 Å². The van der Waals surface area contributed by atoms with Gasteiger partial charge in [-0.25, -0.2) is 0 Å². The standard InChI is InChI=1S/C13H19NOS2/c1-10-2-3-13(15)11(6-10)7-14-8-12-9-16-4-5-17-12/h2-3,6,12,14-15H,4-5,7-9H2,1H3. The first-order valence-electron chi connectivity index (χ1n) is 5.94. The summed E-state index contributed by atoms with van der Waals surface area (Å²) in [6.45, 7) is 3.84. The lowest BCUT2D eigenvalue weighted by molar-refractivity contribution is 0.464. The second kappa shape index (κ2) is 6.57. The van der Waals surface area contributed by atoms with E-state index in [0.29, 0.717) is 5.75 Å². The van der Waals surface area contributed by atoms with E-state index in [0.717, 1.165) is 23.9 Å². The Labute approximate surface area is 112 Å². The molecule has 0 radical (unpaired) electrons. The van der Waals surface area contributed by atoms with E-state index in [-0.39, 0.29) is 0 Å². The van der Waals surface area contributed by atoms with Gasteiger partial charge in [0.1, 0.15) is 5.75 Å². The van der Waals surface area contributed by atoms with Crippen molar-refractivity contribution in [1.82, 2.24) is 5.32 Å². The molecule has 1 aliphatic rings. The number of hydrogen-bond acceptors (Lipinski definition) is 4. The lowest BCUT2D eigenvalue weighted by Gasteiger charge is -2.21. The Hall–Kier alpha value is -0.320. The van der Waals surface area contributed by atoms with Crippen molar-refractivity contribution in [3.8, 4) is 5.75 Å². The summed E-state index contributed by atoms with van der Waals surface area (Å²) in [4.78, 5) is 0. The molecule has 2 rings (SSSR count). The molecular weight excluding hydrogens is 250 g/mol. The number of aromatic hydroxyl groups is 1. The molecule has 1 aliphatic heterocycles. The Morgan fingerprint density at radius 1 is 1.41 bits per heavy atom. The van der Waals surface area contributed by atoms with Crippen LogP contribution < -0.4 is 5.32 Å². The van der Waals surface area contributed by atoms with Gasteiger partial charge in [-0.15, -0.1) is 0 Å². The van der Waals surface area contributed by atoms with E-state index in [1.54, 1.807) is 6.07 Å². The molecule has 1 fully saturated rings. The van der Waals surface area contributed by atoms with Gasteiger partial charge >= 0.3 is 0 Å². The second-order valence-electron chi connectivity index (χ2n) is 4.33. The van der Waals surface area contributed by atoms with Crippen molar-refractivity contribution in [2.75, 3.05) is 23.8 Å². The molecule has 1 unspecified atom stereocenters. The molecule has 0 aromatic heterocycles. The summed E-state index contributed by atoms with van der Waals surface area (Å²) in [5.74, 6) is 4.21. The number of benzene rings is 1. The molecule has 1 aromatic carbocycles. The van der Waals surface area contributed by atoms with E-state index < -0.39 is 0 Å². The third-order valence-corrected chi connectivity index (χ3v) is 5.65. The Bertz CT molecular complexity index is 364. The van der Waals surface area contributed by atoms with Crippen molar-refractivity contribution in [3.63, 3.8) is 0 Å². The molecule has 4 heteroatoms. The van der Waals surface area contributed by atoms with Gasteiger partial charge in [0.2, 0.25) is 0 Å². The summed E-state index contributed by atoms with van der Waals surface area (Å²) < 4.78 is 0. The lowest BCUT2D eigenvalue weighted by atomic mass is 10.1. The van der Waals surface area contributed by atoms with Crippen molar-refractivity contribution in [3.05, 3.63) is 29.3 Å². The van der Waals surface area contributed by atoms with E-state index >= 15 is 0 Å². The fourth-order valence-corrected chi connectivity index (χ4v) is 4.52. The maximum absolute atomic E-state index is 9.72. The predicted molar refractivity (Wildman–Crippen MR) is 78.1 cm³/mol. The molecular formula is C13H19NOS2. The normalized spacial score (nSPS) is 20.4. The van der Waals surface area contributed by atoms with Gasteiger partial charge in [-0.1, -0.05) is 17.7 Å². The minimum absolute atomic E-state index is 0.397. The monoisotopic (exact) mass is 269 g/mol. The Kier molecular flexibility index (Phi) is 5.07. The summed E-state index contributed by atoms with van der Waals surface area (Å²) in [6, 6.07) is 5.76. The smallest absolute Gasteiger partial charge is 0.120 e. The zero-order chi connectivity index (χ0) is 12.1. The van der Waals surface area contributed by atoms with Crippen LogP contribution >= 0.6 is 23.5 Å². The summed E-state index contributed by atoms with van der Waals surface area (Å²) in [6.07, 6.45) is 0. The number of phenolic OH excluding ortho intramolecular Hbond substituents is 1. The van der Waals surface area contributed by atoms with Crippen LogP contribution in [-0.2, 0) is 6.54 Å². The number of hydrogen-bond donors (Lipinski definition) is 2. The van der Waals surface area contributed by atoms with Gasteiger partial charge in [-0.3, -0.25) is 0 Å². The first kappa shape index (κ1) is 13.1. The van der Waals surface area contributed by atoms with E-state index in [4.69, 9.17) is 0 Å². The van der Waals surface area contributed by atoms with Gasteiger partial charge in [0, 0.05) is 41.2 Å². The van der Waals surface area contributed by atoms with Crippen LogP contribution in [-0.4, -0.2) is 34.2 Å². The van der Waals surface area contributed by atoms with Gasteiger partial charge in [-0.05, 0) is 13.0 Å². The molecule has 1 saturated heterocycles. The molecule has 94 valence electrons. The molecule has 17 heavy (non-hydrogen) atoms. The molecule has 0 spiro atoms. The second-order valence-corrected chi connectivity index (χ2v) is 6.89. The van der Waals surface area contributed by atoms with E-state index in [9.17, 15) is 5.11 Å². The van der Waals surface area contributed by atoms with Gasteiger partial charge < -0.3 is 10.4 Å². The van der Waals surface area contributed by atoms with Crippen LogP contribution in [0.1, 0.15) is 11.1 Å². The highest BCUT2D eigenvalue weighted by Crippen LogP contribution is 2.23. The Morgan fingerprint density at radius 2 is 2.29 bits per heavy atom. The van der Waals surface area contributed by atoms with Crippen LogP contribution in [0.5, 0.6) is 5.75 Å². The molecule has 1 heterocycles. The van der Waals surface area contributed by atoms with Crippen LogP contribution in [0.2, 0.25) is 0 Å². The third kappa shape index (κ3) is 4.12. The first-order chi connectivity index (χ1) is 8.25. The van der Waals surface area contributed by atoms with Gasteiger partial charge in [0.15, 0.2) is 0 Å². The van der Waals surface area contributed by atoms with Crippen molar-refractivity contribution < 1.29 is 5.11 Å². The number of thioether (sulfide) groups is 2. The average molecular weight is 269 g/mol. The lowest BCUT2D eigenvalue weighted by Crippen LogP contribution is -2.28. The molecule has 1 atom stereocenters. The molecule has 0 amide bonds. The summed E-state index contributed by atoms with van der Waals surface area (Å²) >= 11 is 4.10. The number of rotatable bonds is 4. The predicted octanol–water partition coefficient (Wildman–Crippen LogP) is 2.64. The van der Waals surface area contributed by atoms with Crippen LogP contribution in [0.25, 0.3) is 0 Å². The number of aryl methyl sites for hydroxylation is 1. The van der Waals surface area contributed by atoms with E-state index in [1.165, 1.54) is 22.8 Å². The fraction of sp³-hybridized carbons (Fsp3) is 0.538. The highest BCUT2D eigenvalue weighted by molar-refractivity contribution is 8.06. The van der Waals surface area contributed by atoms with Crippen LogP contribution in [0, 0.1) is 6.92 Å². The zero-order valence-electron chi connectivity index (χ0n) is 10.1. The van der Waals surface area contributed by atoms with E-state index in [1.807, 2.05) is 23.9 Å². The molecule has 0 aliphatic carbocycles. The third-order valence-electron chi connectivity index (χ3n) is 2.81. The summed E-state index contributed by atoms with van der Waals surface area (Å²) in [5, 5.41) is 13.9. The minimum atomic E-state index is 0.397. The Morgan fingerprint density at radius 3 is 3.06 bits per heavy atom. The SMILES string of the molecule is Cc1ccc(O)c(CNCC2CSCCS2)c1. The topological polar surface area (TPSA) is 32.3 Å². The average Bonchev–Trinajstić information content (AvgIpc) is 2.35. The summed E-state index contributed by atoms with van der Waals surface area (Å²) in [5.41, 5.74) is 2.20. The van der Waals surface area contributed by atoms with E-state index in [2.05, 4.69) is 24.0 Å². The minimum Gasteiger partial charge on any atom is -0.508 e. The largest absolute Gasteiger partial charge is 0.508 e. The first-order valence-corrected chi connectivity index (χ1v) is 8.14. The van der Waals surface area contributed by atoms with Crippen LogP contribution in [0.4, 0.5) is 0 Å².